The summed E-state index contributed by atoms with van der Waals surface area (Å²) in [7, 11) is -3.04. The van der Waals surface area contributed by atoms with E-state index in [-0.39, 0.29) is 29.1 Å². The Morgan fingerprint density at radius 1 is 1.33 bits per heavy atom. The predicted octanol–water partition coefficient (Wildman–Crippen LogP) is 2.69. The second-order valence-electron chi connectivity index (χ2n) is 7.22. The van der Waals surface area contributed by atoms with Crippen LogP contribution in [0.5, 0.6) is 0 Å². The van der Waals surface area contributed by atoms with Crippen LogP contribution in [0.1, 0.15) is 42.4 Å². The van der Waals surface area contributed by atoms with Crippen LogP contribution in [0.3, 0.4) is 0 Å². The lowest BCUT2D eigenvalue weighted by Crippen LogP contribution is -2.16. The van der Waals surface area contributed by atoms with Crippen molar-refractivity contribution in [1.29, 1.82) is 0 Å². The van der Waals surface area contributed by atoms with Crippen molar-refractivity contribution in [3.8, 4) is 0 Å². The molecular weight excluding hydrogens is 424 g/mol. The fourth-order valence-corrected chi connectivity index (χ4v) is 6.04. The Hall–Kier alpha value is -2.46. The van der Waals surface area contributed by atoms with Crippen molar-refractivity contribution in [1.82, 2.24) is 14.8 Å². The Labute approximate surface area is 180 Å². The number of benzene rings is 1. The molecule has 30 heavy (non-hydrogen) atoms. The highest BCUT2D eigenvalue weighted by atomic mass is 32.2. The zero-order valence-electron chi connectivity index (χ0n) is 16.9. The minimum absolute atomic E-state index is 0.0715. The maximum absolute atomic E-state index is 12.8. The number of aromatic nitrogens is 3. The molecule has 2 atom stereocenters. The molecule has 1 aromatic heterocycles. The summed E-state index contributed by atoms with van der Waals surface area (Å²) in [6.07, 6.45) is 2.23. The number of ketones is 1. The standard InChI is InChI=1S/C20H24N4O4S2/c1-4-10-24-19(16-9-11-30(27,28)12-16)22-23-20(24)29-13(2)18(26)15-5-7-17(8-6-15)21-14(3)25/h4-8,13,16H,1,9-12H2,2-3H3,(H,21,25)/t13-,16+/m0/s1. The number of allylic oxidation sites excluding steroid dienone is 1. The molecule has 10 heteroatoms. The summed E-state index contributed by atoms with van der Waals surface area (Å²) < 4.78 is 25.5. The van der Waals surface area contributed by atoms with E-state index in [1.54, 1.807) is 37.3 Å². The Morgan fingerprint density at radius 3 is 2.60 bits per heavy atom. The molecular formula is C20H24N4O4S2. The van der Waals surface area contributed by atoms with Crippen LogP contribution in [0.4, 0.5) is 5.69 Å². The number of thioether (sulfide) groups is 1. The van der Waals surface area contributed by atoms with Crippen molar-refractivity contribution >= 4 is 39.0 Å². The van der Waals surface area contributed by atoms with Gasteiger partial charge in [-0.1, -0.05) is 17.8 Å². The number of hydrogen-bond acceptors (Lipinski definition) is 7. The molecule has 1 fully saturated rings. The number of anilines is 1. The first-order valence-electron chi connectivity index (χ1n) is 9.53. The third-order valence-electron chi connectivity index (χ3n) is 4.80. The summed E-state index contributed by atoms with van der Waals surface area (Å²) in [5.74, 6) is 0.409. The number of hydrogen-bond donors (Lipinski definition) is 1. The molecule has 0 saturated carbocycles. The SMILES string of the molecule is C=CCn1c(S[C@@H](C)C(=O)c2ccc(NC(C)=O)cc2)nnc1[C@@H]1CCS(=O)(=O)C1. The first kappa shape index (κ1) is 22.2. The minimum atomic E-state index is -3.04. The largest absolute Gasteiger partial charge is 0.326 e. The summed E-state index contributed by atoms with van der Waals surface area (Å²) in [5, 5.41) is 11.3. The van der Waals surface area contributed by atoms with Gasteiger partial charge in [0.05, 0.1) is 16.8 Å². The van der Waals surface area contributed by atoms with Crippen LogP contribution in [0, 0.1) is 0 Å². The molecule has 0 unspecified atom stereocenters. The number of sulfone groups is 1. The maximum Gasteiger partial charge on any atom is 0.221 e. The summed E-state index contributed by atoms with van der Waals surface area (Å²) in [5.41, 5.74) is 1.15. The average molecular weight is 449 g/mol. The molecule has 1 saturated heterocycles. The van der Waals surface area contributed by atoms with Gasteiger partial charge in [-0.2, -0.15) is 0 Å². The second kappa shape index (κ2) is 9.13. The summed E-state index contributed by atoms with van der Waals surface area (Å²) >= 11 is 1.28. The molecule has 8 nitrogen and oxygen atoms in total. The lowest BCUT2D eigenvalue weighted by Gasteiger charge is -2.14. The van der Waals surface area contributed by atoms with Gasteiger partial charge in [0.25, 0.3) is 0 Å². The van der Waals surface area contributed by atoms with Crippen molar-refractivity contribution in [3.63, 3.8) is 0 Å². The molecule has 2 heterocycles. The third-order valence-corrected chi connectivity index (χ3v) is 7.64. The van der Waals surface area contributed by atoms with Gasteiger partial charge in [-0.15, -0.1) is 16.8 Å². The van der Waals surface area contributed by atoms with Crippen LogP contribution >= 0.6 is 11.8 Å². The number of carbonyl (C=O) groups excluding carboxylic acids is 2. The minimum Gasteiger partial charge on any atom is -0.326 e. The number of amides is 1. The van der Waals surface area contributed by atoms with E-state index in [4.69, 9.17) is 0 Å². The molecule has 0 radical (unpaired) electrons. The van der Waals surface area contributed by atoms with E-state index >= 15 is 0 Å². The first-order chi connectivity index (χ1) is 14.2. The first-order valence-corrected chi connectivity index (χ1v) is 12.2. The summed E-state index contributed by atoms with van der Waals surface area (Å²) in [4.78, 5) is 24.0. The molecule has 0 spiro atoms. The van der Waals surface area contributed by atoms with Crippen LogP contribution in [0.15, 0.2) is 42.1 Å². The lowest BCUT2D eigenvalue weighted by molar-refractivity contribution is -0.114. The van der Waals surface area contributed by atoms with Gasteiger partial charge in [0.15, 0.2) is 20.8 Å². The fourth-order valence-electron chi connectivity index (χ4n) is 3.36. The summed E-state index contributed by atoms with van der Waals surface area (Å²) in [6, 6.07) is 6.72. The monoisotopic (exact) mass is 448 g/mol. The molecule has 160 valence electrons. The van der Waals surface area contributed by atoms with Crippen molar-refractivity contribution in [3.05, 3.63) is 48.3 Å². The third kappa shape index (κ3) is 5.17. The van der Waals surface area contributed by atoms with E-state index in [1.807, 2.05) is 4.57 Å². The van der Waals surface area contributed by atoms with Crippen molar-refractivity contribution < 1.29 is 18.0 Å². The predicted molar refractivity (Wildman–Crippen MR) is 117 cm³/mol. The number of carbonyl (C=O) groups is 2. The zero-order valence-corrected chi connectivity index (χ0v) is 18.5. The van der Waals surface area contributed by atoms with Crippen LogP contribution in [-0.2, 0) is 21.2 Å². The molecule has 0 bridgehead atoms. The zero-order chi connectivity index (χ0) is 21.9. The van der Waals surface area contributed by atoms with Gasteiger partial charge in [-0.25, -0.2) is 8.42 Å². The molecule has 0 aliphatic carbocycles. The van der Waals surface area contributed by atoms with E-state index in [2.05, 4.69) is 22.1 Å². The van der Waals surface area contributed by atoms with E-state index < -0.39 is 15.1 Å². The van der Waals surface area contributed by atoms with Crippen LogP contribution in [-0.4, -0.2) is 51.6 Å². The Morgan fingerprint density at radius 2 is 2.03 bits per heavy atom. The van der Waals surface area contributed by atoms with Gasteiger partial charge in [0, 0.05) is 30.6 Å². The average Bonchev–Trinajstić information content (AvgIpc) is 3.24. The Bertz CT molecular complexity index is 1060. The number of nitrogens with zero attached hydrogens (tertiary/aromatic N) is 3. The molecule has 1 amide bonds. The van der Waals surface area contributed by atoms with Gasteiger partial charge < -0.3 is 9.88 Å². The van der Waals surface area contributed by atoms with Crippen LogP contribution in [0.25, 0.3) is 0 Å². The van der Waals surface area contributed by atoms with Gasteiger partial charge in [0.2, 0.25) is 5.91 Å². The molecule has 1 aliphatic heterocycles. The van der Waals surface area contributed by atoms with E-state index in [9.17, 15) is 18.0 Å². The maximum atomic E-state index is 12.8. The highest BCUT2D eigenvalue weighted by Crippen LogP contribution is 2.32. The van der Waals surface area contributed by atoms with Crippen LogP contribution < -0.4 is 5.32 Å². The number of Topliss-reactive ketones (excluding diaryl/α,β-unsaturated/α-hetero) is 1. The number of nitrogens with one attached hydrogen (secondary N) is 1. The fraction of sp³-hybridized carbons (Fsp3) is 0.400. The normalized spacial score (nSPS) is 18.7. The molecule has 1 aliphatic rings. The van der Waals surface area contributed by atoms with Crippen molar-refractivity contribution in [2.24, 2.45) is 0 Å². The Kier molecular flexibility index (Phi) is 6.77. The van der Waals surface area contributed by atoms with Gasteiger partial charge >= 0.3 is 0 Å². The lowest BCUT2D eigenvalue weighted by atomic mass is 10.1. The number of rotatable bonds is 8. The molecule has 2 aromatic rings. The van der Waals surface area contributed by atoms with Gasteiger partial charge in [-0.05, 0) is 37.6 Å². The summed E-state index contributed by atoms with van der Waals surface area (Å²) in [6.45, 7) is 7.42. The topological polar surface area (TPSA) is 111 Å². The smallest absolute Gasteiger partial charge is 0.221 e. The second-order valence-corrected chi connectivity index (χ2v) is 10.8. The highest BCUT2D eigenvalue weighted by molar-refractivity contribution is 8.00. The van der Waals surface area contributed by atoms with Crippen LogP contribution in [0.2, 0.25) is 0 Å². The van der Waals surface area contributed by atoms with Crippen molar-refractivity contribution in [2.75, 3.05) is 16.8 Å². The van der Waals surface area contributed by atoms with E-state index in [0.717, 1.165) is 0 Å². The van der Waals surface area contributed by atoms with E-state index in [1.165, 1.54) is 18.7 Å². The highest BCUT2D eigenvalue weighted by Gasteiger charge is 2.33. The quantitative estimate of drug-likeness (QED) is 0.375. The molecule has 1 aromatic carbocycles. The molecule has 1 N–H and O–H groups in total. The van der Waals surface area contributed by atoms with Gasteiger partial charge in [0.1, 0.15) is 5.82 Å². The Balaban J connectivity index is 1.75. The van der Waals surface area contributed by atoms with Crippen molar-refractivity contribution in [2.45, 2.75) is 43.1 Å². The van der Waals surface area contributed by atoms with E-state index in [0.29, 0.717) is 35.2 Å². The van der Waals surface area contributed by atoms with Gasteiger partial charge in [-0.3, -0.25) is 9.59 Å². The molecule has 3 rings (SSSR count).